The zero-order valence-corrected chi connectivity index (χ0v) is 7.85. The first-order valence-electron chi connectivity index (χ1n) is 3.76. The van der Waals surface area contributed by atoms with Gasteiger partial charge in [0.2, 0.25) is 5.91 Å². The first-order valence-corrected chi connectivity index (χ1v) is 3.76. The van der Waals surface area contributed by atoms with Gasteiger partial charge in [0, 0.05) is 19.0 Å². The Hall–Kier alpha value is -1.22. The van der Waals surface area contributed by atoms with Crippen LogP contribution in [0.25, 0.3) is 10.4 Å². The van der Waals surface area contributed by atoms with Crippen molar-refractivity contribution < 1.29 is 4.79 Å². The van der Waals surface area contributed by atoms with E-state index in [0.29, 0.717) is 0 Å². The molecule has 1 atom stereocenters. The minimum absolute atomic E-state index is 0.0378. The lowest BCUT2D eigenvalue weighted by molar-refractivity contribution is -0.130. The van der Waals surface area contributed by atoms with Crippen molar-refractivity contribution in [2.75, 3.05) is 14.1 Å². The predicted octanol–water partition coefficient (Wildman–Crippen LogP) is 1.41. The van der Waals surface area contributed by atoms with Gasteiger partial charge in [0.1, 0.15) is 6.04 Å². The zero-order chi connectivity index (χ0) is 9.72. The fourth-order valence-electron chi connectivity index (χ4n) is 0.788. The second kappa shape index (κ2) is 4.62. The SMILES string of the molecule is CC(C)C(N=[N+]=[N-])C(=O)N(C)C. The third kappa shape index (κ3) is 2.80. The van der Waals surface area contributed by atoms with Crippen LogP contribution in [0.5, 0.6) is 0 Å². The molecule has 0 radical (unpaired) electrons. The molecule has 0 saturated carbocycles. The molecular weight excluding hydrogens is 156 g/mol. The van der Waals surface area contributed by atoms with Crippen LogP contribution >= 0.6 is 0 Å². The van der Waals surface area contributed by atoms with Gasteiger partial charge in [-0.2, -0.15) is 0 Å². The van der Waals surface area contributed by atoms with E-state index in [-0.39, 0.29) is 11.8 Å². The lowest BCUT2D eigenvalue weighted by Gasteiger charge is -2.18. The summed E-state index contributed by atoms with van der Waals surface area (Å²) in [4.78, 5) is 15.4. The van der Waals surface area contributed by atoms with E-state index < -0.39 is 6.04 Å². The van der Waals surface area contributed by atoms with Crippen LogP contribution in [0, 0.1) is 5.92 Å². The second-order valence-electron chi connectivity index (χ2n) is 3.13. The highest BCUT2D eigenvalue weighted by molar-refractivity contribution is 5.81. The average Bonchev–Trinajstić information content (AvgIpc) is 1.98. The third-order valence-corrected chi connectivity index (χ3v) is 1.50. The van der Waals surface area contributed by atoms with E-state index in [1.165, 1.54) is 4.90 Å². The number of rotatable bonds is 3. The molecule has 0 bridgehead atoms. The molecule has 68 valence electrons. The Labute approximate surface area is 72.0 Å². The Balaban J connectivity index is 4.51. The topological polar surface area (TPSA) is 69.1 Å². The first-order chi connectivity index (χ1) is 5.50. The summed E-state index contributed by atoms with van der Waals surface area (Å²) in [5.74, 6) is -0.112. The van der Waals surface area contributed by atoms with Crippen LogP contribution in [-0.2, 0) is 4.79 Å². The molecule has 0 rings (SSSR count). The van der Waals surface area contributed by atoms with E-state index in [4.69, 9.17) is 5.53 Å². The van der Waals surface area contributed by atoms with Gasteiger partial charge in [0.25, 0.3) is 0 Å². The number of hydrogen-bond acceptors (Lipinski definition) is 2. The molecule has 0 aromatic carbocycles. The summed E-state index contributed by atoms with van der Waals surface area (Å²) in [6, 6.07) is -0.579. The van der Waals surface area contributed by atoms with E-state index in [0.717, 1.165) is 0 Å². The van der Waals surface area contributed by atoms with Crippen molar-refractivity contribution >= 4 is 5.91 Å². The molecule has 0 fully saturated rings. The monoisotopic (exact) mass is 170 g/mol. The Morgan fingerprint density at radius 2 is 2.00 bits per heavy atom. The normalized spacial score (nSPS) is 12.1. The summed E-state index contributed by atoms with van der Waals surface area (Å²) in [5.41, 5.74) is 8.20. The molecule has 0 aliphatic rings. The van der Waals surface area contributed by atoms with Gasteiger partial charge in [0.15, 0.2) is 0 Å². The van der Waals surface area contributed by atoms with E-state index in [2.05, 4.69) is 10.0 Å². The minimum Gasteiger partial charge on any atom is -0.348 e. The average molecular weight is 170 g/mol. The van der Waals surface area contributed by atoms with E-state index in [9.17, 15) is 4.79 Å². The zero-order valence-electron chi connectivity index (χ0n) is 7.85. The Morgan fingerprint density at radius 1 is 1.50 bits per heavy atom. The van der Waals surface area contributed by atoms with Crippen molar-refractivity contribution in [1.29, 1.82) is 0 Å². The number of nitrogens with zero attached hydrogens (tertiary/aromatic N) is 4. The molecule has 1 unspecified atom stereocenters. The first kappa shape index (κ1) is 10.8. The number of carbonyl (C=O) groups excluding carboxylic acids is 1. The number of amides is 1. The summed E-state index contributed by atoms with van der Waals surface area (Å²) in [6.07, 6.45) is 0. The maximum Gasteiger partial charge on any atom is 0.231 e. The van der Waals surface area contributed by atoms with Crippen molar-refractivity contribution in [2.45, 2.75) is 19.9 Å². The van der Waals surface area contributed by atoms with Crippen molar-refractivity contribution in [2.24, 2.45) is 11.0 Å². The molecule has 0 aliphatic heterocycles. The van der Waals surface area contributed by atoms with Gasteiger partial charge in [-0.25, -0.2) is 0 Å². The van der Waals surface area contributed by atoms with Gasteiger partial charge < -0.3 is 4.90 Å². The molecule has 0 spiro atoms. The molecule has 5 heteroatoms. The molecule has 0 N–H and O–H groups in total. The van der Waals surface area contributed by atoms with Gasteiger partial charge in [-0.1, -0.05) is 19.0 Å². The quantitative estimate of drug-likeness (QED) is 0.358. The minimum atomic E-state index is -0.579. The number of hydrogen-bond donors (Lipinski definition) is 0. The fraction of sp³-hybridized carbons (Fsp3) is 0.857. The van der Waals surface area contributed by atoms with Gasteiger partial charge in [-0.3, -0.25) is 4.79 Å². The fourth-order valence-corrected chi connectivity index (χ4v) is 0.788. The summed E-state index contributed by atoms with van der Waals surface area (Å²) >= 11 is 0. The van der Waals surface area contributed by atoms with Crippen LogP contribution in [0.4, 0.5) is 0 Å². The second-order valence-corrected chi connectivity index (χ2v) is 3.13. The highest BCUT2D eigenvalue weighted by Gasteiger charge is 2.21. The van der Waals surface area contributed by atoms with Gasteiger partial charge in [-0.15, -0.1) is 0 Å². The van der Waals surface area contributed by atoms with Crippen LogP contribution in [0.15, 0.2) is 5.11 Å². The predicted molar refractivity (Wildman–Crippen MR) is 46.5 cm³/mol. The molecule has 0 aromatic heterocycles. The van der Waals surface area contributed by atoms with Crippen molar-refractivity contribution in [3.05, 3.63) is 10.4 Å². The van der Waals surface area contributed by atoms with Crippen LogP contribution in [-0.4, -0.2) is 30.9 Å². The molecule has 0 heterocycles. The smallest absolute Gasteiger partial charge is 0.231 e. The van der Waals surface area contributed by atoms with Crippen LogP contribution in [0.1, 0.15) is 13.8 Å². The highest BCUT2D eigenvalue weighted by Crippen LogP contribution is 2.08. The molecule has 1 amide bonds. The summed E-state index contributed by atoms with van der Waals surface area (Å²) in [5, 5.41) is 3.43. The maximum atomic E-state index is 11.3. The van der Waals surface area contributed by atoms with Crippen molar-refractivity contribution in [3.63, 3.8) is 0 Å². The third-order valence-electron chi connectivity index (χ3n) is 1.50. The highest BCUT2D eigenvalue weighted by atomic mass is 16.2. The number of likely N-dealkylation sites (N-methyl/N-ethyl adjacent to an activating group) is 1. The Kier molecular flexibility index (Phi) is 4.15. The number of azide groups is 1. The molecule has 5 nitrogen and oxygen atoms in total. The van der Waals surface area contributed by atoms with Gasteiger partial charge in [-0.05, 0) is 11.4 Å². The summed E-state index contributed by atoms with van der Waals surface area (Å²) < 4.78 is 0. The van der Waals surface area contributed by atoms with E-state index >= 15 is 0 Å². The van der Waals surface area contributed by atoms with Crippen LogP contribution in [0.2, 0.25) is 0 Å². The Morgan fingerprint density at radius 3 is 2.25 bits per heavy atom. The van der Waals surface area contributed by atoms with Gasteiger partial charge in [0.05, 0.1) is 0 Å². The van der Waals surface area contributed by atoms with Crippen LogP contribution < -0.4 is 0 Å². The van der Waals surface area contributed by atoms with E-state index in [1.807, 2.05) is 13.8 Å². The summed E-state index contributed by atoms with van der Waals surface area (Å²) in [6.45, 7) is 3.70. The molecule has 0 aliphatic carbocycles. The lowest BCUT2D eigenvalue weighted by Crippen LogP contribution is -2.35. The van der Waals surface area contributed by atoms with Gasteiger partial charge >= 0.3 is 0 Å². The Bertz CT molecular complexity index is 205. The van der Waals surface area contributed by atoms with Crippen molar-refractivity contribution in [1.82, 2.24) is 4.90 Å². The molecule has 12 heavy (non-hydrogen) atoms. The molecule has 0 saturated heterocycles. The molecule has 0 aromatic rings. The largest absolute Gasteiger partial charge is 0.348 e. The van der Waals surface area contributed by atoms with Crippen molar-refractivity contribution in [3.8, 4) is 0 Å². The maximum absolute atomic E-state index is 11.3. The van der Waals surface area contributed by atoms with E-state index in [1.54, 1.807) is 14.1 Å². The number of carbonyl (C=O) groups is 1. The standard InChI is InChI=1S/C7H14N4O/c1-5(2)6(9-10-8)7(12)11(3)4/h5-6H,1-4H3. The lowest BCUT2D eigenvalue weighted by atomic mass is 10.0. The summed E-state index contributed by atoms with van der Waals surface area (Å²) in [7, 11) is 3.29. The van der Waals surface area contributed by atoms with Crippen LogP contribution in [0.3, 0.4) is 0 Å². The molecular formula is C7H14N4O.